The number of nitro benzene ring substituents is 1. The number of rotatable bonds is 22. The van der Waals surface area contributed by atoms with Crippen LogP contribution in [0.1, 0.15) is 74.3 Å². The molecule has 5 aromatic carbocycles. The molecule has 5 amide bonds. The molecule has 5 aliphatic rings. The van der Waals surface area contributed by atoms with Gasteiger partial charge in [0.25, 0.3) is 33.4 Å². The van der Waals surface area contributed by atoms with Crippen LogP contribution in [0.5, 0.6) is 17.2 Å². The zero-order valence-electron chi connectivity index (χ0n) is 49.5. The number of carbonyl (C=O) groups is 5. The first-order valence-corrected chi connectivity index (χ1v) is 32.0. The number of amides is 5. The summed E-state index contributed by atoms with van der Waals surface area (Å²) in [5.74, 6) is 4.50. The third kappa shape index (κ3) is 14.2. The second kappa shape index (κ2) is 27.5. The maximum atomic E-state index is 14.1. The van der Waals surface area contributed by atoms with Crippen LogP contribution in [0.15, 0.2) is 126 Å². The van der Waals surface area contributed by atoms with Crippen LogP contribution >= 0.6 is 11.6 Å². The lowest BCUT2D eigenvalue weighted by Crippen LogP contribution is -2.54. The number of hydrogen-bond acceptors (Lipinski definition) is 18. The van der Waals surface area contributed by atoms with Crippen molar-refractivity contribution in [3.63, 3.8) is 0 Å². The van der Waals surface area contributed by atoms with Crippen molar-refractivity contribution in [2.75, 3.05) is 95.6 Å². The number of hydrogen-bond donors (Lipinski definition) is 4. The number of nitrogens with zero attached hydrogens (tertiary/aromatic N) is 6. The van der Waals surface area contributed by atoms with E-state index in [2.05, 4.69) is 57.9 Å². The van der Waals surface area contributed by atoms with Crippen molar-refractivity contribution in [2.24, 2.45) is 11.8 Å². The molecular weight excluding hydrogens is 1210 g/mol. The average Bonchev–Trinajstić information content (AvgIpc) is 1.64. The topological polar surface area (TPSA) is 277 Å². The van der Waals surface area contributed by atoms with E-state index in [9.17, 15) is 42.5 Å². The molecule has 4 fully saturated rings. The second-order valence-electron chi connectivity index (χ2n) is 23.0. The molecule has 1 unspecified atom stereocenters. The normalized spacial score (nSPS) is 17.5. The number of aromatic amines is 1. The number of nitro groups is 1. The summed E-state index contributed by atoms with van der Waals surface area (Å²) in [5.41, 5.74) is 4.80. The molecule has 7 aromatic rings. The molecule has 0 radical (unpaired) electrons. The highest BCUT2D eigenvalue weighted by atomic mass is 35.5. The lowest BCUT2D eigenvalue weighted by molar-refractivity contribution is -0.384. The number of pyridine rings is 1. The number of ether oxygens (including phenoxy) is 4. The lowest BCUT2D eigenvalue weighted by Gasteiger charge is -2.39. The van der Waals surface area contributed by atoms with Crippen molar-refractivity contribution in [3.8, 4) is 40.2 Å². The molecule has 1 atom stereocenters. The zero-order chi connectivity index (χ0) is 63.2. The molecule has 0 aliphatic carbocycles. The van der Waals surface area contributed by atoms with Gasteiger partial charge in [-0.05, 0) is 103 Å². The summed E-state index contributed by atoms with van der Waals surface area (Å²) in [6.07, 6.45) is 5.34. The van der Waals surface area contributed by atoms with E-state index in [1.54, 1.807) is 42.6 Å². The zero-order valence-corrected chi connectivity index (χ0v) is 51.1. The maximum absolute atomic E-state index is 14.1. The summed E-state index contributed by atoms with van der Waals surface area (Å²) in [5, 5.41) is 18.9. The van der Waals surface area contributed by atoms with E-state index in [0.29, 0.717) is 107 Å². The van der Waals surface area contributed by atoms with Crippen LogP contribution in [0, 0.1) is 33.8 Å². The predicted molar refractivity (Wildman–Crippen MR) is 338 cm³/mol. The molecule has 91 heavy (non-hydrogen) atoms. The van der Waals surface area contributed by atoms with Crippen molar-refractivity contribution in [1.82, 2.24) is 34.7 Å². The monoisotopic (exact) mass is 1270 g/mol. The first kappa shape index (κ1) is 62.0. The maximum Gasteiger partial charge on any atom is 0.293 e. The fraction of sp³-hybridized carbons (Fsp3) is 0.333. The molecule has 4 saturated heterocycles. The molecule has 0 spiro atoms. The van der Waals surface area contributed by atoms with E-state index in [1.807, 2.05) is 42.5 Å². The van der Waals surface area contributed by atoms with Crippen molar-refractivity contribution in [1.29, 1.82) is 0 Å². The molecule has 23 nitrogen and oxygen atoms in total. The number of likely N-dealkylation sites (tertiary alicyclic amines) is 1. The Morgan fingerprint density at radius 1 is 0.846 bits per heavy atom. The van der Waals surface area contributed by atoms with Crippen LogP contribution < -0.4 is 29.7 Å². The molecule has 12 rings (SSSR count). The van der Waals surface area contributed by atoms with Crippen LogP contribution in [-0.4, -0.2) is 159 Å². The standard InChI is InChI=1S/C66H65ClN10O13S/c67-47-12-10-44(11-13-47)51-7-4-9-58(89-41-43-38-74(39-43)28-32-87-29-2-1-5-45-6-3-8-53-61(45)66(82)76(65(53)81)56-18-19-60(78)71-64(56)80)54(51)40-73-24-26-75(27-25-73)48-14-16-52(59(34-48)90-49-33-46-20-23-68-62(46)70-37-49)63(79)72-91(85,86)50-15-17-55(57(35-50)77(83)84)69-36-42-21-30-88-31-22-42/h3-4,6-17,20,23,33-35,37,42-43,56,69H,2,18-19,21-22,24-32,36,38-41H2,(H,68,70)(H,72,79)(H,71,78,80). The Morgan fingerprint density at radius 2 is 1.64 bits per heavy atom. The van der Waals surface area contributed by atoms with Gasteiger partial charge < -0.3 is 39.0 Å². The van der Waals surface area contributed by atoms with Crippen LogP contribution in [0.2, 0.25) is 5.02 Å². The van der Waals surface area contributed by atoms with Crippen LogP contribution in [0.3, 0.4) is 0 Å². The minimum Gasteiger partial charge on any atom is -0.493 e. The smallest absolute Gasteiger partial charge is 0.293 e. The van der Waals surface area contributed by atoms with E-state index in [1.165, 1.54) is 24.4 Å². The quantitative estimate of drug-likeness (QED) is 0.0164. The van der Waals surface area contributed by atoms with Gasteiger partial charge in [0.2, 0.25) is 11.8 Å². The van der Waals surface area contributed by atoms with E-state index >= 15 is 0 Å². The fourth-order valence-corrected chi connectivity index (χ4v) is 13.1. The molecule has 0 bridgehead atoms. The van der Waals surface area contributed by atoms with Crippen LogP contribution in [0.25, 0.3) is 22.2 Å². The Hall–Kier alpha value is -9.22. The summed E-state index contributed by atoms with van der Waals surface area (Å²) in [4.78, 5) is 91.4. The van der Waals surface area contributed by atoms with Crippen molar-refractivity contribution in [2.45, 2.75) is 49.6 Å². The summed E-state index contributed by atoms with van der Waals surface area (Å²) in [7, 11) is -4.63. The number of imide groups is 2. The van der Waals surface area contributed by atoms with Gasteiger partial charge in [0.05, 0.1) is 52.5 Å². The Bertz CT molecular complexity index is 4130. The highest BCUT2D eigenvalue weighted by molar-refractivity contribution is 7.90. The second-order valence-corrected chi connectivity index (χ2v) is 25.1. The number of benzene rings is 5. The van der Waals surface area contributed by atoms with E-state index in [4.69, 9.17) is 30.5 Å². The first-order chi connectivity index (χ1) is 44.1. The van der Waals surface area contributed by atoms with Gasteiger partial charge in [-0.3, -0.25) is 49.2 Å². The Kier molecular flexibility index (Phi) is 18.7. The van der Waals surface area contributed by atoms with Crippen LogP contribution in [-0.2, 0) is 35.6 Å². The minimum atomic E-state index is -4.63. The third-order valence-corrected chi connectivity index (χ3v) is 18.5. The van der Waals surface area contributed by atoms with Gasteiger partial charge in [-0.15, -0.1) is 0 Å². The average molecular weight is 1270 g/mol. The molecule has 25 heteroatoms. The number of aromatic nitrogens is 2. The number of halogens is 1. The highest BCUT2D eigenvalue weighted by Crippen LogP contribution is 2.37. The number of piperazine rings is 1. The molecular formula is C66H65ClN10O13S. The van der Waals surface area contributed by atoms with Crippen molar-refractivity contribution in [3.05, 3.63) is 165 Å². The molecule has 5 aliphatic heterocycles. The molecule has 0 saturated carbocycles. The summed E-state index contributed by atoms with van der Waals surface area (Å²) < 4.78 is 54.3. The van der Waals surface area contributed by atoms with Crippen molar-refractivity contribution >= 4 is 79.3 Å². The predicted octanol–water partition coefficient (Wildman–Crippen LogP) is 8.03. The molecule has 470 valence electrons. The SMILES string of the molecule is O=C1CCC(N2C(=O)c3cccc(C#CCCOCCN4CC(COc5cccc(-c6ccc(Cl)cc6)c5CN5CCN(c6ccc(C(=O)NS(=O)(=O)c7ccc(NCC8CCOCC8)c([N+](=O)[O-])c7)c(Oc7cnc8[nH]ccc8c7)c6)CC5)C4)c3C2=O)C(=O)N1. The molecule has 4 N–H and O–H groups in total. The first-order valence-electron chi connectivity index (χ1n) is 30.2. The van der Waals surface area contributed by atoms with E-state index in [-0.39, 0.29) is 46.9 Å². The van der Waals surface area contributed by atoms with Gasteiger partial charge in [0.15, 0.2) is 0 Å². The Balaban J connectivity index is 0.658. The largest absolute Gasteiger partial charge is 0.493 e. The number of carbonyl (C=O) groups excluding carboxylic acids is 5. The van der Waals surface area contributed by atoms with E-state index in [0.717, 1.165) is 77.0 Å². The highest BCUT2D eigenvalue weighted by Gasteiger charge is 2.45. The van der Waals surface area contributed by atoms with Crippen molar-refractivity contribution < 1.29 is 56.3 Å². The minimum absolute atomic E-state index is 0.0372. The summed E-state index contributed by atoms with van der Waals surface area (Å²) >= 11 is 6.36. The summed E-state index contributed by atoms with van der Waals surface area (Å²) in [6.45, 7) is 8.55. The number of nitrogens with one attached hydrogen (secondary N) is 4. The van der Waals surface area contributed by atoms with Gasteiger partial charge in [-0.2, -0.15) is 0 Å². The van der Waals surface area contributed by atoms with Gasteiger partial charge >= 0.3 is 0 Å². The number of H-pyrrole nitrogens is 1. The molecule has 7 heterocycles. The Labute approximate surface area is 529 Å². The lowest BCUT2D eigenvalue weighted by atomic mass is 9.97. The number of fused-ring (bicyclic) bond motifs is 2. The van der Waals surface area contributed by atoms with Gasteiger partial charge in [0.1, 0.15) is 34.6 Å². The number of anilines is 2. The van der Waals surface area contributed by atoms with E-state index < -0.39 is 61.1 Å². The van der Waals surface area contributed by atoms with Gasteiger partial charge in [-0.25, -0.2) is 18.1 Å². The summed E-state index contributed by atoms with van der Waals surface area (Å²) in [6, 6.07) is 29.7. The number of sulfonamides is 1. The fourth-order valence-electron chi connectivity index (χ4n) is 12.0. The van der Waals surface area contributed by atoms with Gasteiger partial charge in [-0.1, -0.05) is 53.8 Å². The third-order valence-electron chi connectivity index (χ3n) is 17.0. The Morgan fingerprint density at radius 3 is 2.43 bits per heavy atom. The molecule has 2 aromatic heterocycles. The van der Waals surface area contributed by atoms with Gasteiger partial charge in [0, 0.05) is 136 Å². The van der Waals surface area contributed by atoms with Crippen LogP contribution in [0.4, 0.5) is 17.1 Å². The number of piperidine rings is 1.